The predicted molar refractivity (Wildman–Crippen MR) is 69.0 cm³/mol. The zero-order valence-corrected chi connectivity index (χ0v) is 11.6. The van der Waals surface area contributed by atoms with Crippen LogP contribution in [0.15, 0.2) is 0 Å². The molecule has 0 aromatic carbocycles. The molecule has 1 fully saturated rings. The Bertz CT molecular complexity index is 345. The van der Waals surface area contributed by atoms with Crippen molar-refractivity contribution in [1.82, 2.24) is 5.32 Å². The number of carbonyl (C=O) groups is 2. The number of aliphatic carboxylic acids is 1. The molecule has 2 atom stereocenters. The van der Waals surface area contributed by atoms with Crippen molar-refractivity contribution in [2.24, 2.45) is 17.1 Å². The molecule has 18 heavy (non-hydrogen) atoms. The Morgan fingerprint density at radius 2 is 1.78 bits per heavy atom. The third-order valence-electron chi connectivity index (χ3n) is 4.30. The Hall–Kier alpha value is -1.10. The lowest BCUT2D eigenvalue weighted by Crippen LogP contribution is -2.56. The van der Waals surface area contributed by atoms with Gasteiger partial charge in [-0.2, -0.15) is 0 Å². The summed E-state index contributed by atoms with van der Waals surface area (Å²) in [5.74, 6) is -1.21. The zero-order valence-electron chi connectivity index (χ0n) is 11.6. The molecule has 0 aromatic heterocycles. The molecule has 4 N–H and O–H groups in total. The molecular weight excluding hydrogens is 232 g/mol. The predicted octanol–water partition coefficient (Wildman–Crippen LogP) is 1.12. The molecule has 0 spiro atoms. The van der Waals surface area contributed by atoms with E-state index in [4.69, 9.17) is 10.8 Å². The van der Waals surface area contributed by atoms with Gasteiger partial charge in [-0.15, -0.1) is 0 Å². The highest BCUT2D eigenvalue weighted by atomic mass is 16.4. The largest absolute Gasteiger partial charge is 0.481 e. The van der Waals surface area contributed by atoms with Crippen LogP contribution in [0.4, 0.5) is 0 Å². The van der Waals surface area contributed by atoms with Gasteiger partial charge in [-0.3, -0.25) is 9.59 Å². The highest BCUT2D eigenvalue weighted by Crippen LogP contribution is 2.31. The number of carboxylic acids is 1. The quantitative estimate of drug-likeness (QED) is 0.702. The lowest BCUT2D eigenvalue weighted by Gasteiger charge is -2.37. The Kier molecular flexibility index (Phi) is 4.05. The van der Waals surface area contributed by atoms with Gasteiger partial charge in [0.2, 0.25) is 5.91 Å². The molecule has 1 aliphatic carbocycles. The molecule has 5 heteroatoms. The van der Waals surface area contributed by atoms with E-state index in [0.29, 0.717) is 12.8 Å². The van der Waals surface area contributed by atoms with Gasteiger partial charge in [0.1, 0.15) is 0 Å². The van der Waals surface area contributed by atoms with Crippen molar-refractivity contribution < 1.29 is 14.7 Å². The number of carboxylic acid groups (broad SMARTS) is 1. The number of amides is 1. The van der Waals surface area contributed by atoms with Crippen LogP contribution in [-0.2, 0) is 9.59 Å². The van der Waals surface area contributed by atoms with Gasteiger partial charge in [0.15, 0.2) is 0 Å². The standard InChI is InChI=1S/C13H24N2O3/c1-12(2,13(3,4)14)11(18)15-9-6-5-8(7-9)10(16)17/h8-9H,5-7,14H2,1-4H3,(H,15,18)(H,16,17)/t8-,9+/m1/s1. The van der Waals surface area contributed by atoms with Crippen molar-refractivity contribution >= 4 is 11.9 Å². The summed E-state index contributed by atoms with van der Waals surface area (Å²) in [5, 5.41) is 11.8. The van der Waals surface area contributed by atoms with Crippen molar-refractivity contribution in [2.75, 3.05) is 0 Å². The normalized spacial score (nSPS) is 24.9. The first kappa shape index (κ1) is 15.0. The molecule has 0 aromatic rings. The van der Waals surface area contributed by atoms with Crippen LogP contribution in [0, 0.1) is 11.3 Å². The van der Waals surface area contributed by atoms with E-state index in [1.54, 1.807) is 0 Å². The van der Waals surface area contributed by atoms with Gasteiger partial charge < -0.3 is 16.2 Å². The second-order valence-corrected chi connectivity index (χ2v) is 6.37. The third-order valence-corrected chi connectivity index (χ3v) is 4.30. The number of nitrogens with two attached hydrogens (primary N) is 1. The summed E-state index contributed by atoms with van der Waals surface area (Å²) in [5.41, 5.74) is 4.70. The molecule has 0 heterocycles. The van der Waals surface area contributed by atoms with E-state index in [9.17, 15) is 9.59 Å². The Morgan fingerprint density at radius 3 is 2.17 bits per heavy atom. The van der Waals surface area contributed by atoms with Gasteiger partial charge in [0, 0.05) is 11.6 Å². The summed E-state index contributed by atoms with van der Waals surface area (Å²) in [4.78, 5) is 23.1. The maximum absolute atomic E-state index is 12.2. The van der Waals surface area contributed by atoms with E-state index in [1.807, 2.05) is 27.7 Å². The number of hydrogen-bond acceptors (Lipinski definition) is 3. The van der Waals surface area contributed by atoms with Crippen molar-refractivity contribution in [2.45, 2.75) is 58.5 Å². The smallest absolute Gasteiger partial charge is 0.306 e. The van der Waals surface area contributed by atoms with E-state index in [-0.39, 0.29) is 17.9 Å². The van der Waals surface area contributed by atoms with Crippen molar-refractivity contribution in [3.8, 4) is 0 Å². The summed E-state index contributed by atoms with van der Waals surface area (Å²) < 4.78 is 0. The van der Waals surface area contributed by atoms with E-state index in [2.05, 4.69) is 5.32 Å². The monoisotopic (exact) mass is 256 g/mol. The molecule has 104 valence electrons. The van der Waals surface area contributed by atoms with Crippen molar-refractivity contribution in [3.05, 3.63) is 0 Å². The molecule has 1 rings (SSSR count). The summed E-state index contributed by atoms with van der Waals surface area (Å²) in [6.07, 6.45) is 1.87. The number of carbonyl (C=O) groups excluding carboxylic acids is 1. The lowest BCUT2D eigenvalue weighted by atomic mass is 9.74. The number of nitrogens with one attached hydrogen (secondary N) is 1. The van der Waals surface area contributed by atoms with Gasteiger partial charge in [0.25, 0.3) is 0 Å². The van der Waals surface area contributed by atoms with Gasteiger partial charge in [-0.25, -0.2) is 0 Å². The molecule has 1 aliphatic rings. The summed E-state index contributed by atoms with van der Waals surface area (Å²) >= 11 is 0. The van der Waals surface area contributed by atoms with Crippen LogP contribution in [0.5, 0.6) is 0 Å². The minimum Gasteiger partial charge on any atom is -0.481 e. The fourth-order valence-electron chi connectivity index (χ4n) is 2.00. The molecule has 1 amide bonds. The van der Waals surface area contributed by atoms with Crippen LogP contribution in [-0.4, -0.2) is 28.6 Å². The first-order chi connectivity index (χ1) is 8.05. The maximum atomic E-state index is 12.2. The van der Waals surface area contributed by atoms with E-state index < -0.39 is 16.9 Å². The maximum Gasteiger partial charge on any atom is 0.306 e. The number of hydrogen-bond donors (Lipinski definition) is 3. The van der Waals surface area contributed by atoms with Crippen molar-refractivity contribution in [1.29, 1.82) is 0 Å². The lowest BCUT2D eigenvalue weighted by molar-refractivity contribution is -0.141. The topological polar surface area (TPSA) is 92.4 Å². The average molecular weight is 256 g/mol. The zero-order chi connectivity index (χ0) is 14.1. The van der Waals surface area contributed by atoms with Gasteiger partial charge in [-0.1, -0.05) is 0 Å². The summed E-state index contributed by atoms with van der Waals surface area (Å²) in [7, 11) is 0. The third kappa shape index (κ3) is 3.02. The summed E-state index contributed by atoms with van der Waals surface area (Å²) in [6.45, 7) is 7.26. The van der Waals surface area contributed by atoms with Gasteiger partial charge >= 0.3 is 5.97 Å². The van der Waals surface area contributed by atoms with Crippen LogP contribution in [0.3, 0.4) is 0 Å². The summed E-state index contributed by atoms with van der Waals surface area (Å²) in [6, 6.07) is -0.0415. The van der Waals surface area contributed by atoms with E-state index >= 15 is 0 Å². The van der Waals surface area contributed by atoms with Crippen LogP contribution in [0.25, 0.3) is 0 Å². The van der Waals surface area contributed by atoms with E-state index in [1.165, 1.54) is 0 Å². The first-order valence-electron chi connectivity index (χ1n) is 6.38. The Morgan fingerprint density at radius 1 is 1.22 bits per heavy atom. The minimum absolute atomic E-state index is 0.0415. The van der Waals surface area contributed by atoms with Crippen LogP contribution >= 0.6 is 0 Å². The second kappa shape index (κ2) is 4.88. The van der Waals surface area contributed by atoms with Crippen LogP contribution in [0.1, 0.15) is 47.0 Å². The Labute approximate surface area is 108 Å². The Balaban J connectivity index is 2.60. The number of rotatable bonds is 4. The minimum atomic E-state index is -0.773. The molecule has 1 saturated carbocycles. The van der Waals surface area contributed by atoms with Crippen molar-refractivity contribution in [3.63, 3.8) is 0 Å². The highest BCUT2D eigenvalue weighted by Gasteiger charge is 2.42. The van der Waals surface area contributed by atoms with Gasteiger partial charge in [0.05, 0.1) is 11.3 Å². The fourth-order valence-corrected chi connectivity index (χ4v) is 2.00. The second-order valence-electron chi connectivity index (χ2n) is 6.37. The molecule has 0 unspecified atom stereocenters. The highest BCUT2D eigenvalue weighted by molar-refractivity contribution is 5.83. The molecule has 0 saturated heterocycles. The fraction of sp³-hybridized carbons (Fsp3) is 0.846. The molecular formula is C13H24N2O3. The van der Waals surface area contributed by atoms with Crippen LogP contribution < -0.4 is 11.1 Å². The molecule has 0 aliphatic heterocycles. The molecule has 5 nitrogen and oxygen atoms in total. The SMILES string of the molecule is CC(C)(N)C(C)(C)C(=O)N[C@H]1CC[C@@H](C(=O)O)C1. The first-order valence-corrected chi connectivity index (χ1v) is 6.38. The molecule has 0 bridgehead atoms. The average Bonchev–Trinajstić information content (AvgIpc) is 2.64. The molecule has 0 radical (unpaired) electrons. The van der Waals surface area contributed by atoms with Gasteiger partial charge in [-0.05, 0) is 47.0 Å². The van der Waals surface area contributed by atoms with Crippen LogP contribution in [0.2, 0.25) is 0 Å². The van der Waals surface area contributed by atoms with E-state index in [0.717, 1.165) is 6.42 Å².